The molecule has 0 aliphatic heterocycles. The highest BCUT2D eigenvalue weighted by Crippen LogP contribution is 2.21. The summed E-state index contributed by atoms with van der Waals surface area (Å²) in [5.41, 5.74) is 0.888. The molecular formula is C13H16N2O2S. The second kappa shape index (κ2) is 5.84. The zero-order valence-electron chi connectivity index (χ0n) is 10.2. The predicted octanol–water partition coefficient (Wildman–Crippen LogP) is 1.90. The van der Waals surface area contributed by atoms with Crippen molar-refractivity contribution in [3.63, 3.8) is 0 Å². The Morgan fingerprint density at radius 1 is 1.50 bits per heavy atom. The summed E-state index contributed by atoms with van der Waals surface area (Å²) in [7, 11) is 0. The lowest BCUT2D eigenvalue weighted by Crippen LogP contribution is -2.29. The predicted molar refractivity (Wildman–Crippen MR) is 72.2 cm³/mol. The Labute approximate surface area is 110 Å². The van der Waals surface area contributed by atoms with E-state index in [1.54, 1.807) is 0 Å². The van der Waals surface area contributed by atoms with E-state index in [0.29, 0.717) is 11.4 Å². The molecular weight excluding hydrogens is 248 g/mol. The first-order valence-corrected chi connectivity index (χ1v) is 6.70. The first kappa shape index (κ1) is 12.9. The Balaban J connectivity index is 2.10. The molecule has 0 aromatic carbocycles. The summed E-state index contributed by atoms with van der Waals surface area (Å²) in [6, 6.07) is 5.77. The van der Waals surface area contributed by atoms with Gasteiger partial charge in [0.05, 0.1) is 5.69 Å². The van der Waals surface area contributed by atoms with Gasteiger partial charge in [-0.15, -0.1) is 11.3 Å². The van der Waals surface area contributed by atoms with Crippen LogP contribution in [0.4, 0.5) is 0 Å². The molecule has 18 heavy (non-hydrogen) atoms. The van der Waals surface area contributed by atoms with Crippen molar-refractivity contribution in [2.75, 3.05) is 13.2 Å². The van der Waals surface area contributed by atoms with Crippen LogP contribution in [0.3, 0.4) is 0 Å². The van der Waals surface area contributed by atoms with Crippen LogP contribution in [0.25, 0.3) is 5.69 Å². The van der Waals surface area contributed by atoms with E-state index in [-0.39, 0.29) is 18.4 Å². The topological polar surface area (TPSA) is 54.3 Å². The smallest absolute Gasteiger partial charge is 0.263 e. The quantitative estimate of drug-likeness (QED) is 0.866. The second-order valence-electron chi connectivity index (χ2n) is 4.22. The van der Waals surface area contributed by atoms with Gasteiger partial charge < -0.3 is 15.0 Å². The van der Waals surface area contributed by atoms with Crippen LogP contribution in [0.5, 0.6) is 0 Å². The van der Waals surface area contributed by atoms with Gasteiger partial charge in [0.2, 0.25) is 0 Å². The average Bonchev–Trinajstić information content (AvgIpc) is 3.04. The fraction of sp³-hybridized carbons (Fsp3) is 0.308. The van der Waals surface area contributed by atoms with Crippen LogP contribution in [-0.4, -0.2) is 28.7 Å². The summed E-state index contributed by atoms with van der Waals surface area (Å²) >= 11 is 1.42. The van der Waals surface area contributed by atoms with Crippen molar-refractivity contribution in [2.45, 2.75) is 6.92 Å². The molecule has 1 atom stereocenters. The van der Waals surface area contributed by atoms with Gasteiger partial charge in [0.1, 0.15) is 4.88 Å². The lowest BCUT2D eigenvalue weighted by molar-refractivity contribution is 0.0946. The van der Waals surface area contributed by atoms with Gasteiger partial charge in [0, 0.05) is 25.5 Å². The third-order valence-electron chi connectivity index (χ3n) is 2.66. The number of hydrogen-bond donors (Lipinski definition) is 2. The van der Waals surface area contributed by atoms with Gasteiger partial charge in [0.25, 0.3) is 5.91 Å². The van der Waals surface area contributed by atoms with E-state index in [4.69, 9.17) is 5.11 Å². The number of nitrogens with one attached hydrogen (secondary N) is 1. The maximum atomic E-state index is 12.0. The van der Waals surface area contributed by atoms with Crippen molar-refractivity contribution >= 4 is 17.2 Å². The van der Waals surface area contributed by atoms with Gasteiger partial charge in [-0.3, -0.25) is 4.79 Å². The minimum atomic E-state index is -0.0889. The van der Waals surface area contributed by atoms with Crippen LogP contribution in [0.15, 0.2) is 36.0 Å². The molecule has 0 fully saturated rings. The van der Waals surface area contributed by atoms with Crippen LogP contribution >= 0.6 is 11.3 Å². The monoisotopic (exact) mass is 264 g/mol. The van der Waals surface area contributed by atoms with Crippen molar-refractivity contribution < 1.29 is 9.90 Å². The Morgan fingerprint density at radius 2 is 2.22 bits per heavy atom. The fourth-order valence-electron chi connectivity index (χ4n) is 1.58. The number of aliphatic hydroxyl groups excluding tert-OH is 1. The Bertz CT molecular complexity index is 505. The van der Waals surface area contributed by atoms with Crippen molar-refractivity contribution in [3.05, 3.63) is 40.8 Å². The van der Waals surface area contributed by atoms with Crippen LogP contribution in [0.1, 0.15) is 16.6 Å². The van der Waals surface area contributed by atoms with E-state index in [1.807, 2.05) is 47.5 Å². The lowest BCUT2D eigenvalue weighted by atomic mass is 10.2. The molecule has 2 aromatic heterocycles. The molecule has 0 spiro atoms. The summed E-state index contributed by atoms with van der Waals surface area (Å²) in [5, 5.41) is 13.7. The third-order valence-corrected chi connectivity index (χ3v) is 3.56. The molecule has 2 heterocycles. The normalized spacial score (nSPS) is 12.3. The van der Waals surface area contributed by atoms with Crippen molar-refractivity contribution in [1.29, 1.82) is 0 Å². The van der Waals surface area contributed by atoms with Crippen molar-refractivity contribution in [3.8, 4) is 5.69 Å². The summed E-state index contributed by atoms with van der Waals surface area (Å²) in [6.07, 6.45) is 3.82. The molecule has 0 aliphatic rings. The molecule has 2 aromatic rings. The van der Waals surface area contributed by atoms with E-state index >= 15 is 0 Å². The van der Waals surface area contributed by atoms with Gasteiger partial charge in [0.15, 0.2) is 0 Å². The summed E-state index contributed by atoms with van der Waals surface area (Å²) < 4.78 is 1.92. The maximum Gasteiger partial charge on any atom is 0.263 e. The van der Waals surface area contributed by atoms with E-state index in [9.17, 15) is 4.79 Å². The average molecular weight is 264 g/mol. The highest BCUT2D eigenvalue weighted by molar-refractivity contribution is 7.12. The Kier molecular flexibility index (Phi) is 4.17. The van der Waals surface area contributed by atoms with Gasteiger partial charge in [-0.1, -0.05) is 6.92 Å². The number of carbonyl (C=O) groups is 1. The molecule has 1 unspecified atom stereocenters. The Hall–Kier alpha value is -1.59. The standard InChI is InChI=1S/C13H16N2O2S/c1-10(9-16)8-14-13(17)12-11(4-7-18-12)15-5-2-3-6-15/h2-7,10,16H,8-9H2,1H3,(H,14,17). The molecule has 5 heteroatoms. The van der Waals surface area contributed by atoms with Crippen molar-refractivity contribution in [1.82, 2.24) is 9.88 Å². The van der Waals surface area contributed by atoms with E-state index in [1.165, 1.54) is 11.3 Å². The fourth-order valence-corrected chi connectivity index (χ4v) is 2.39. The number of thiophene rings is 1. The first-order valence-electron chi connectivity index (χ1n) is 5.82. The summed E-state index contributed by atoms with van der Waals surface area (Å²) in [4.78, 5) is 12.7. The van der Waals surface area contributed by atoms with Gasteiger partial charge in [-0.2, -0.15) is 0 Å². The molecule has 0 bridgehead atoms. The SMILES string of the molecule is CC(CO)CNC(=O)c1sccc1-n1cccc1. The second-order valence-corrected chi connectivity index (χ2v) is 5.14. The van der Waals surface area contributed by atoms with Gasteiger partial charge >= 0.3 is 0 Å². The first-order chi connectivity index (χ1) is 8.72. The highest BCUT2D eigenvalue weighted by atomic mass is 32.1. The van der Waals surface area contributed by atoms with Crippen LogP contribution in [0.2, 0.25) is 0 Å². The number of aliphatic hydroxyl groups is 1. The zero-order valence-corrected chi connectivity index (χ0v) is 11.0. The molecule has 2 N–H and O–H groups in total. The van der Waals surface area contributed by atoms with E-state index < -0.39 is 0 Å². The largest absolute Gasteiger partial charge is 0.396 e. The number of rotatable bonds is 5. The van der Waals surface area contributed by atoms with Gasteiger partial charge in [-0.25, -0.2) is 0 Å². The molecule has 0 radical (unpaired) electrons. The molecule has 96 valence electrons. The third kappa shape index (κ3) is 2.80. The molecule has 0 aliphatic carbocycles. The van der Waals surface area contributed by atoms with Crippen molar-refractivity contribution in [2.24, 2.45) is 5.92 Å². The number of nitrogens with zero attached hydrogens (tertiary/aromatic N) is 1. The minimum Gasteiger partial charge on any atom is -0.396 e. The number of amides is 1. The summed E-state index contributed by atoms with van der Waals surface area (Å²) in [5.74, 6) is -0.0158. The molecule has 1 amide bonds. The highest BCUT2D eigenvalue weighted by Gasteiger charge is 2.14. The summed E-state index contributed by atoms with van der Waals surface area (Å²) in [6.45, 7) is 2.45. The molecule has 2 rings (SSSR count). The van der Waals surface area contributed by atoms with E-state index in [0.717, 1.165) is 5.69 Å². The Morgan fingerprint density at radius 3 is 2.89 bits per heavy atom. The van der Waals surface area contributed by atoms with Crippen LogP contribution in [0, 0.1) is 5.92 Å². The van der Waals surface area contributed by atoms with E-state index in [2.05, 4.69) is 5.32 Å². The molecule has 0 saturated heterocycles. The molecule has 0 saturated carbocycles. The zero-order chi connectivity index (χ0) is 13.0. The lowest BCUT2D eigenvalue weighted by Gasteiger charge is -2.10. The molecule has 4 nitrogen and oxygen atoms in total. The van der Waals surface area contributed by atoms with Crippen LogP contribution in [-0.2, 0) is 0 Å². The number of carbonyl (C=O) groups excluding carboxylic acids is 1. The van der Waals surface area contributed by atoms with Crippen LogP contribution < -0.4 is 5.32 Å². The van der Waals surface area contributed by atoms with Gasteiger partial charge in [-0.05, 0) is 29.5 Å². The maximum absolute atomic E-state index is 12.0. The minimum absolute atomic E-state index is 0.0731. The number of hydrogen-bond acceptors (Lipinski definition) is 3. The number of aromatic nitrogens is 1.